The first kappa shape index (κ1) is 12.0. The summed E-state index contributed by atoms with van der Waals surface area (Å²) < 4.78 is 0. The molecular weight excluding hydrogens is 230 g/mol. The summed E-state index contributed by atoms with van der Waals surface area (Å²) >= 11 is 0. The molecule has 0 radical (unpaired) electrons. The van der Waals surface area contributed by atoms with Gasteiger partial charge in [0.25, 0.3) is 0 Å². The smallest absolute Gasteiger partial charge is 0.245 e. The zero-order valence-electron chi connectivity index (χ0n) is 10.7. The van der Waals surface area contributed by atoms with E-state index in [2.05, 4.69) is 10.6 Å². The first-order chi connectivity index (χ1) is 8.74. The summed E-state index contributed by atoms with van der Waals surface area (Å²) in [6.45, 7) is 1.88. The third-order valence-electron chi connectivity index (χ3n) is 4.14. The van der Waals surface area contributed by atoms with Crippen LogP contribution < -0.4 is 10.6 Å². The third-order valence-corrected chi connectivity index (χ3v) is 4.14. The second-order valence-electron chi connectivity index (χ2n) is 5.67. The molecule has 1 aliphatic carbocycles. The molecule has 0 aromatic rings. The molecule has 3 fully saturated rings. The van der Waals surface area contributed by atoms with Crippen LogP contribution in [0.15, 0.2) is 0 Å². The molecule has 5 heteroatoms. The van der Waals surface area contributed by atoms with E-state index in [0.29, 0.717) is 24.9 Å². The molecule has 18 heavy (non-hydrogen) atoms. The molecule has 1 saturated carbocycles. The highest BCUT2D eigenvalue weighted by molar-refractivity contribution is 5.91. The van der Waals surface area contributed by atoms with Crippen LogP contribution >= 0.6 is 0 Å². The number of nitrogens with one attached hydrogen (secondary N) is 2. The van der Waals surface area contributed by atoms with Crippen LogP contribution in [-0.2, 0) is 9.59 Å². The van der Waals surface area contributed by atoms with Gasteiger partial charge in [-0.2, -0.15) is 0 Å². The predicted octanol–water partition coefficient (Wildman–Crippen LogP) is 0.00800. The Hall–Kier alpha value is -1.10. The van der Waals surface area contributed by atoms with Crippen LogP contribution in [0.1, 0.15) is 38.5 Å². The fraction of sp³-hybridized carbons (Fsp3) is 0.846. The molecule has 2 atom stereocenters. The first-order valence-corrected chi connectivity index (χ1v) is 7.07. The van der Waals surface area contributed by atoms with Crippen molar-refractivity contribution in [2.24, 2.45) is 0 Å². The molecule has 0 aromatic carbocycles. The summed E-state index contributed by atoms with van der Waals surface area (Å²) in [5.74, 6) is 0.153. The molecule has 0 bridgehead atoms. The monoisotopic (exact) mass is 251 g/mol. The molecule has 2 N–H and O–H groups in total. The summed E-state index contributed by atoms with van der Waals surface area (Å²) in [6.07, 6.45) is 5.78. The Morgan fingerprint density at radius 2 is 2.11 bits per heavy atom. The van der Waals surface area contributed by atoms with Gasteiger partial charge in [0.15, 0.2) is 0 Å². The van der Waals surface area contributed by atoms with Crippen molar-refractivity contribution in [1.82, 2.24) is 15.5 Å². The minimum absolute atomic E-state index is 0.0167. The highest BCUT2D eigenvalue weighted by Crippen LogP contribution is 2.29. The maximum atomic E-state index is 12.4. The summed E-state index contributed by atoms with van der Waals surface area (Å²) in [6, 6.07) is 0.614. The molecule has 3 aliphatic rings. The lowest BCUT2D eigenvalue weighted by molar-refractivity contribution is -0.135. The maximum absolute atomic E-state index is 12.4. The van der Waals surface area contributed by atoms with E-state index in [1.165, 1.54) is 6.42 Å². The number of carbonyl (C=O) groups excluding carboxylic acids is 2. The molecule has 2 amide bonds. The van der Waals surface area contributed by atoms with Gasteiger partial charge in [0.05, 0.1) is 0 Å². The second kappa shape index (κ2) is 4.88. The van der Waals surface area contributed by atoms with Gasteiger partial charge in [0.2, 0.25) is 11.8 Å². The average molecular weight is 251 g/mol. The van der Waals surface area contributed by atoms with Gasteiger partial charge in [0.1, 0.15) is 6.04 Å². The van der Waals surface area contributed by atoms with Gasteiger partial charge < -0.3 is 15.5 Å². The lowest BCUT2D eigenvalue weighted by Gasteiger charge is -2.28. The summed E-state index contributed by atoms with van der Waals surface area (Å²) in [5.41, 5.74) is 0. The quantitative estimate of drug-likeness (QED) is 0.740. The van der Waals surface area contributed by atoms with Crippen LogP contribution in [0.4, 0.5) is 0 Å². The summed E-state index contributed by atoms with van der Waals surface area (Å²) in [4.78, 5) is 25.7. The highest BCUT2D eigenvalue weighted by Gasteiger charge is 2.39. The van der Waals surface area contributed by atoms with Crippen molar-refractivity contribution in [2.45, 2.75) is 56.7 Å². The number of hydrogen-bond acceptors (Lipinski definition) is 3. The van der Waals surface area contributed by atoms with E-state index in [1.54, 1.807) is 0 Å². The number of nitrogens with zero attached hydrogens (tertiary/aromatic N) is 1. The Labute approximate surface area is 107 Å². The zero-order valence-corrected chi connectivity index (χ0v) is 10.7. The summed E-state index contributed by atoms with van der Waals surface area (Å²) in [5, 5.41) is 6.23. The Morgan fingerprint density at radius 3 is 2.67 bits per heavy atom. The van der Waals surface area contributed by atoms with E-state index in [-0.39, 0.29) is 17.9 Å². The van der Waals surface area contributed by atoms with Crippen molar-refractivity contribution in [3.05, 3.63) is 0 Å². The van der Waals surface area contributed by atoms with Crippen molar-refractivity contribution in [2.75, 3.05) is 13.1 Å². The number of rotatable bonds is 4. The van der Waals surface area contributed by atoms with Crippen molar-refractivity contribution in [3.8, 4) is 0 Å². The van der Waals surface area contributed by atoms with Crippen LogP contribution in [0.2, 0.25) is 0 Å². The summed E-state index contributed by atoms with van der Waals surface area (Å²) in [7, 11) is 0. The second-order valence-corrected chi connectivity index (χ2v) is 5.67. The standard InChI is InChI=1S/C13H21N3O2/c17-12-6-5-11(15-12)13(18)16(10-3-4-10)8-9-2-1-7-14-9/h9-11,14H,1-8H2,(H,15,17)/t9?,11-/m0/s1. The Kier molecular flexibility index (Phi) is 3.24. The molecule has 0 aromatic heterocycles. The Morgan fingerprint density at radius 1 is 1.28 bits per heavy atom. The average Bonchev–Trinajstić information content (AvgIpc) is 2.88. The Bertz CT molecular complexity index is 348. The maximum Gasteiger partial charge on any atom is 0.245 e. The van der Waals surface area contributed by atoms with Crippen LogP contribution in [0.3, 0.4) is 0 Å². The van der Waals surface area contributed by atoms with Crippen LogP contribution in [-0.4, -0.2) is 47.9 Å². The van der Waals surface area contributed by atoms with Crippen LogP contribution in [0.5, 0.6) is 0 Å². The fourth-order valence-corrected chi connectivity index (χ4v) is 2.95. The van der Waals surface area contributed by atoms with E-state index >= 15 is 0 Å². The first-order valence-electron chi connectivity index (χ1n) is 7.07. The SMILES string of the molecule is O=C1CC[C@@H](C(=O)N(CC2CCCN2)C2CC2)N1. The Balaban J connectivity index is 1.61. The molecule has 0 spiro atoms. The van der Waals surface area contributed by atoms with Crippen LogP contribution in [0.25, 0.3) is 0 Å². The van der Waals surface area contributed by atoms with E-state index in [9.17, 15) is 9.59 Å². The van der Waals surface area contributed by atoms with Crippen molar-refractivity contribution >= 4 is 11.8 Å². The molecule has 2 heterocycles. The molecule has 100 valence electrons. The lowest BCUT2D eigenvalue weighted by atomic mass is 10.1. The van der Waals surface area contributed by atoms with Gasteiger partial charge in [-0.1, -0.05) is 0 Å². The minimum atomic E-state index is -0.264. The highest BCUT2D eigenvalue weighted by atomic mass is 16.2. The van der Waals surface area contributed by atoms with Crippen molar-refractivity contribution < 1.29 is 9.59 Å². The van der Waals surface area contributed by atoms with Gasteiger partial charge in [-0.05, 0) is 38.6 Å². The van der Waals surface area contributed by atoms with Gasteiger partial charge in [-0.25, -0.2) is 0 Å². The normalized spacial score (nSPS) is 31.4. The molecule has 5 nitrogen and oxygen atoms in total. The van der Waals surface area contributed by atoms with Gasteiger partial charge in [0, 0.05) is 25.0 Å². The number of amides is 2. The van der Waals surface area contributed by atoms with Crippen LogP contribution in [0, 0.1) is 0 Å². The van der Waals surface area contributed by atoms with Gasteiger partial charge in [-0.3, -0.25) is 9.59 Å². The lowest BCUT2D eigenvalue weighted by Crippen LogP contribution is -2.49. The zero-order chi connectivity index (χ0) is 12.5. The molecule has 1 unspecified atom stereocenters. The van der Waals surface area contributed by atoms with Gasteiger partial charge in [-0.15, -0.1) is 0 Å². The third kappa shape index (κ3) is 2.51. The topological polar surface area (TPSA) is 61.4 Å². The number of carbonyl (C=O) groups is 2. The van der Waals surface area contributed by atoms with Crippen molar-refractivity contribution in [3.63, 3.8) is 0 Å². The molecule has 2 aliphatic heterocycles. The van der Waals surface area contributed by atoms with Gasteiger partial charge >= 0.3 is 0 Å². The molecular formula is C13H21N3O2. The van der Waals surface area contributed by atoms with Crippen molar-refractivity contribution in [1.29, 1.82) is 0 Å². The minimum Gasteiger partial charge on any atom is -0.344 e. The van der Waals surface area contributed by atoms with E-state index in [0.717, 1.165) is 32.4 Å². The van der Waals surface area contributed by atoms with E-state index < -0.39 is 0 Å². The largest absolute Gasteiger partial charge is 0.344 e. The fourth-order valence-electron chi connectivity index (χ4n) is 2.95. The molecule has 3 rings (SSSR count). The predicted molar refractivity (Wildman–Crippen MR) is 66.9 cm³/mol. The van der Waals surface area contributed by atoms with E-state index in [4.69, 9.17) is 0 Å². The molecule has 2 saturated heterocycles. The number of hydrogen-bond donors (Lipinski definition) is 2. The van der Waals surface area contributed by atoms with E-state index in [1.807, 2.05) is 4.90 Å².